The molecule has 0 aromatic rings. The zero-order chi connectivity index (χ0) is 14.0. The zero-order valence-corrected chi connectivity index (χ0v) is 12.9. The van der Waals surface area contributed by atoms with Crippen LogP contribution in [-0.2, 0) is 0 Å². The standard InChI is InChI=1S/C15H32N2O/c1-6-17(11-15(4,5)18)10-12-8-7-9-14(2,3)13(12)16/h12-13,18H,6-11,16H2,1-5H3. The average molecular weight is 256 g/mol. The van der Waals surface area contributed by atoms with Gasteiger partial charge in [0.2, 0.25) is 0 Å². The molecule has 0 bridgehead atoms. The van der Waals surface area contributed by atoms with E-state index in [4.69, 9.17) is 5.73 Å². The van der Waals surface area contributed by atoms with Crippen LogP contribution < -0.4 is 5.73 Å². The summed E-state index contributed by atoms with van der Waals surface area (Å²) < 4.78 is 0. The first kappa shape index (κ1) is 15.9. The fraction of sp³-hybridized carbons (Fsp3) is 1.00. The van der Waals surface area contributed by atoms with Crippen LogP contribution in [0.2, 0.25) is 0 Å². The van der Waals surface area contributed by atoms with Crippen LogP contribution in [0.4, 0.5) is 0 Å². The molecule has 108 valence electrons. The van der Waals surface area contributed by atoms with Gasteiger partial charge < -0.3 is 15.7 Å². The minimum atomic E-state index is -0.621. The summed E-state index contributed by atoms with van der Waals surface area (Å²) in [7, 11) is 0. The highest BCUT2D eigenvalue weighted by Gasteiger charge is 2.37. The highest BCUT2D eigenvalue weighted by atomic mass is 16.3. The molecular weight excluding hydrogens is 224 g/mol. The zero-order valence-electron chi connectivity index (χ0n) is 12.9. The Bertz CT molecular complexity index is 258. The monoisotopic (exact) mass is 256 g/mol. The van der Waals surface area contributed by atoms with E-state index in [-0.39, 0.29) is 11.5 Å². The van der Waals surface area contributed by atoms with Gasteiger partial charge in [-0.15, -0.1) is 0 Å². The lowest BCUT2D eigenvalue weighted by Gasteiger charge is -2.44. The van der Waals surface area contributed by atoms with E-state index in [9.17, 15) is 5.11 Å². The largest absolute Gasteiger partial charge is 0.389 e. The first-order chi connectivity index (χ1) is 8.15. The van der Waals surface area contributed by atoms with Gasteiger partial charge in [-0.3, -0.25) is 0 Å². The summed E-state index contributed by atoms with van der Waals surface area (Å²) in [4.78, 5) is 2.34. The molecule has 0 saturated heterocycles. The van der Waals surface area contributed by atoms with Crippen LogP contribution in [-0.4, -0.2) is 41.3 Å². The van der Waals surface area contributed by atoms with Gasteiger partial charge >= 0.3 is 0 Å². The van der Waals surface area contributed by atoms with Crippen molar-refractivity contribution in [3.05, 3.63) is 0 Å². The Hall–Kier alpha value is -0.120. The maximum Gasteiger partial charge on any atom is 0.0718 e. The maximum atomic E-state index is 9.94. The Morgan fingerprint density at radius 1 is 1.39 bits per heavy atom. The van der Waals surface area contributed by atoms with Gasteiger partial charge in [0.1, 0.15) is 0 Å². The molecule has 0 amide bonds. The Morgan fingerprint density at radius 2 is 2.00 bits per heavy atom. The van der Waals surface area contributed by atoms with Gasteiger partial charge in [-0.05, 0) is 44.6 Å². The molecule has 3 heteroatoms. The van der Waals surface area contributed by atoms with Gasteiger partial charge in [0.15, 0.2) is 0 Å². The number of hydrogen-bond donors (Lipinski definition) is 2. The predicted octanol–water partition coefficient (Wildman–Crippen LogP) is 2.23. The van der Waals surface area contributed by atoms with Crippen molar-refractivity contribution < 1.29 is 5.11 Å². The first-order valence-electron chi connectivity index (χ1n) is 7.36. The summed E-state index contributed by atoms with van der Waals surface area (Å²) in [6, 6.07) is 0.280. The number of nitrogens with zero attached hydrogens (tertiary/aromatic N) is 1. The van der Waals surface area contributed by atoms with Crippen molar-refractivity contribution in [3.8, 4) is 0 Å². The van der Waals surface area contributed by atoms with Gasteiger partial charge in [-0.2, -0.15) is 0 Å². The lowest BCUT2D eigenvalue weighted by molar-refractivity contribution is 0.0222. The third kappa shape index (κ3) is 4.52. The van der Waals surface area contributed by atoms with E-state index in [2.05, 4.69) is 25.7 Å². The van der Waals surface area contributed by atoms with Gasteiger partial charge in [-0.1, -0.05) is 27.2 Å². The topological polar surface area (TPSA) is 49.5 Å². The molecule has 1 aliphatic rings. The molecule has 3 nitrogen and oxygen atoms in total. The molecule has 0 spiro atoms. The molecular formula is C15H32N2O. The number of hydrogen-bond acceptors (Lipinski definition) is 3. The Morgan fingerprint density at radius 3 is 2.50 bits per heavy atom. The molecule has 2 unspecified atom stereocenters. The molecule has 1 rings (SSSR count). The van der Waals surface area contributed by atoms with Gasteiger partial charge in [0.25, 0.3) is 0 Å². The van der Waals surface area contributed by atoms with E-state index in [1.54, 1.807) is 0 Å². The lowest BCUT2D eigenvalue weighted by atomic mass is 9.68. The summed E-state index contributed by atoms with van der Waals surface area (Å²) in [6.07, 6.45) is 3.75. The summed E-state index contributed by atoms with van der Waals surface area (Å²) >= 11 is 0. The quantitative estimate of drug-likeness (QED) is 0.793. The highest BCUT2D eigenvalue weighted by Crippen LogP contribution is 2.38. The van der Waals surface area contributed by atoms with Crippen LogP contribution in [0.25, 0.3) is 0 Å². The summed E-state index contributed by atoms with van der Waals surface area (Å²) in [5, 5.41) is 9.94. The molecule has 18 heavy (non-hydrogen) atoms. The second-order valence-corrected chi connectivity index (χ2v) is 7.31. The van der Waals surface area contributed by atoms with Crippen molar-refractivity contribution in [2.45, 2.75) is 65.5 Å². The smallest absolute Gasteiger partial charge is 0.0718 e. The van der Waals surface area contributed by atoms with Crippen LogP contribution in [0, 0.1) is 11.3 Å². The summed E-state index contributed by atoms with van der Waals surface area (Å²) in [6.45, 7) is 13.2. The SMILES string of the molecule is CCN(CC1CCCC(C)(C)C1N)CC(C)(C)O. The third-order valence-corrected chi connectivity index (χ3v) is 4.36. The number of rotatable bonds is 5. The summed E-state index contributed by atoms with van der Waals surface area (Å²) in [5.41, 5.74) is 6.07. The molecule has 1 fully saturated rings. The van der Waals surface area contributed by atoms with Crippen LogP contribution in [0.1, 0.15) is 53.9 Å². The fourth-order valence-corrected chi connectivity index (χ4v) is 3.19. The molecule has 0 radical (unpaired) electrons. The van der Waals surface area contributed by atoms with Crippen LogP contribution in [0.5, 0.6) is 0 Å². The van der Waals surface area contributed by atoms with Crippen molar-refractivity contribution in [1.29, 1.82) is 0 Å². The number of likely N-dealkylation sites (N-methyl/N-ethyl adjacent to an activating group) is 1. The average Bonchev–Trinajstić information content (AvgIpc) is 2.21. The van der Waals surface area contributed by atoms with Crippen molar-refractivity contribution in [3.63, 3.8) is 0 Å². The second-order valence-electron chi connectivity index (χ2n) is 7.31. The van der Waals surface area contributed by atoms with Gasteiger partial charge in [-0.25, -0.2) is 0 Å². The van der Waals surface area contributed by atoms with Crippen molar-refractivity contribution in [2.24, 2.45) is 17.1 Å². The van der Waals surface area contributed by atoms with Crippen LogP contribution in [0.15, 0.2) is 0 Å². The van der Waals surface area contributed by atoms with Crippen LogP contribution >= 0.6 is 0 Å². The Labute approximate surface area is 113 Å². The third-order valence-electron chi connectivity index (χ3n) is 4.36. The molecule has 3 N–H and O–H groups in total. The van der Waals surface area contributed by atoms with Crippen molar-refractivity contribution in [2.75, 3.05) is 19.6 Å². The van der Waals surface area contributed by atoms with Gasteiger partial charge in [0.05, 0.1) is 5.60 Å². The minimum absolute atomic E-state index is 0.261. The van der Waals surface area contributed by atoms with E-state index in [1.807, 2.05) is 13.8 Å². The summed E-state index contributed by atoms with van der Waals surface area (Å²) in [5.74, 6) is 0.566. The minimum Gasteiger partial charge on any atom is -0.389 e. The first-order valence-corrected chi connectivity index (χ1v) is 7.36. The van der Waals surface area contributed by atoms with E-state index >= 15 is 0 Å². The lowest BCUT2D eigenvalue weighted by Crippen LogP contribution is -2.51. The predicted molar refractivity (Wildman–Crippen MR) is 77.5 cm³/mol. The van der Waals surface area contributed by atoms with E-state index in [0.29, 0.717) is 5.92 Å². The van der Waals surface area contributed by atoms with Crippen LogP contribution in [0.3, 0.4) is 0 Å². The van der Waals surface area contributed by atoms with E-state index in [1.165, 1.54) is 19.3 Å². The molecule has 1 aliphatic carbocycles. The molecule has 1 saturated carbocycles. The fourth-order valence-electron chi connectivity index (χ4n) is 3.19. The Balaban J connectivity index is 2.59. The molecule has 0 heterocycles. The molecule has 0 aromatic carbocycles. The van der Waals surface area contributed by atoms with Gasteiger partial charge in [0, 0.05) is 19.1 Å². The van der Waals surface area contributed by atoms with Crippen molar-refractivity contribution in [1.82, 2.24) is 4.90 Å². The highest BCUT2D eigenvalue weighted by molar-refractivity contribution is 4.92. The second kappa shape index (κ2) is 5.89. The molecule has 0 aromatic heterocycles. The van der Waals surface area contributed by atoms with E-state index < -0.39 is 5.60 Å². The number of nitrogens with two attached hydrogens (primary N) is 1. The maximum absolute atomic E-state index is 9.94. The Kier molecular flexibility index (Phi) is 5.22. The number of aliphatic hydroxyl groups is 1. The molecule has 2 atom stereocenters. The van der Waals surface area contributed by atoms with Crippen molar-refractivity contribution >= 4 is 0 Å². The normalized spacial score (nSPS) is 28.7. The molecule has 0 aliphatic heterocycles. The van der Waals surface area contributed by atoms with E-state index in [0.717, 1.165) is 19.6 Å².